The molecule has 1 fully saturated rings. The van der Waals surface area contributed by atoms with E-state index in [1.807, 2.05) is 76.2 Å². The van der Waals surface area contributed by atoms with Gasteiger partial charge in [-0.3, -0.25) is 38.5 Å². The van der Waals surface area contributed by atoms with Crippen LogP contribution >= 0.6 is 0 Å². The van der Waals surface area contributed by atoms with Gasteiger partial charge in [-0.25, -0.2) is 4.79 Å². The minimum Gasteiger partial charge on any atom is -0.467 e. The van der Waals surface area contributed by atoms with Gasteiger partial charge in [-0.1, -0.05) is 109 Å². The molecule has 3 rings (SSSR count). The summed E-state index contributed by atoms with van der Waals surface area (Å²) in [5.41, 5.74) is 7.18. The third-order valence-electron chi connectivity index (χ3n) is 11.9. The van der Waals surface area contributed by atoms with Crippen molar-refractivity contribution in [2.75, 3.05) is 26.8 Å². The van der Waals surface area contributed by atoms with Crippen molar-refractivity contribution in [2.45, 2.75) is 142 Å². The number of nitrogens with two attached hydrogens (primary N) is 1. The minimum absolute atomic E-state index is 0.0757. The highest BCUT2D eigenvalue weighted by Gasteiger charge is 2.39. The van der Waals surface area contributed by atoms with Gasteiger partial charge in [-0.2, -0.15) is 0 Å². The number of likely N-dealkylation sites (tertiary alicyclic amines) is 1. The van der Waals surface area contributed by atoms with Crippen LogP contribution < -0.4 is 37.6 Å². The second-order valence-electron chi connectivity index (χ2n) is 18.3. The van der Waals surface area contributed by atoms with E-state index < -0.39 is 102 Å². The van der Waals surface area contributed by atoms with E-state index in [1.54, 1.807) is 30.9 Å². The monoisotopic (exact) mass is 951 g/mol. The zero-order valence-electron chi connectivity index (χ0n) is 40.7. The van der Waals surface area contributed by atoms with Crippen molar-refractivity contribution in [3.63, 3.8) is 0 Å². The third-order valence-corrected chi connectivity index (χ3v) is 11.9. The van der Waals surface area contributed by atoms with Crippen LogP contribution in [-0.2, 0) is 60.9 Å². The Morgan fingerprint density at radius 3 is 1.90 bits per heavy atom. The molecule has 1 saturated heterocycles. The number of carbonyl (C=O) groups is 8. The molecule has 19 nitrogen and oxygen atoms in total. The Bertz CT molecular complexity index is 1970. The number of carbonyl (C=O) groups excluding carboxylic acids is 8. The number of β-amino-alcohol motifs (C(OH)–C–C–N with tert-alkyl or cyclic N) is 1. The van der Waals surface area contributed by atoms with E-state index in [4.69, 9.17) is 15.2 Å². The average molecular weight is 951 g/mol. The van der Waals surface area contributed by atoms with E-state index in [2.05, 4.69) is 31.9 Å². The van der Waals surface area contributed by atoms with Gasteiger partial charge < -0.3 is 52.2 Å². The zero-order valence-corrected chi connectivity index (χ0v) is 40.7. The van der Waals surface area contributed by atoms with Crippen LogP contribution in [0.15, 0.2) is 60.7 Å². The van der Waals surface area contributed by atoms with Crippen molar-refractivity contribution in [3.05, 3.63) is 71.8 Å². The molecule has 9 N–H and O–H groups in total. The number of nitrogens with one attached hydrogen (secondary N) is 6. The molecule has 1 heterocycles. The molecule has 376 valence electrons. The van der Waals surface area contributed by atoms with Gasteiger partial charge in [0.25, 0.3) is 0 Å². The summed E-state index contributed by atoms with van der Waals surface area (Å²) >= 11 is 0. The predicted octanol–water partition coefficient (Wildman–Crippen LogP) is 0.997. The van der Waals surface area contributed by atoms with Crippen LogP contribution in [0.4, 0.5) is 0 Å². The fraction of sp³-hybridized carbons (Fsp3) is 0.592. The molecular formula is C49H74N8O11. The van der Waals surface area contributed by atoms with Gasteiger partial charge in [0.15, 0.2) is 0 Å². The van der Waals surface area contributed by atoms with Gasteiger partial charge in [0, 0.05) is 13.5 Å². The quantitative estimate of drug-likeness (QED) is 0.0555. The number of benzene rings is 2. The van der Waals surface area contributed by atoms with Gasteiger partial charge in [-0.05, 0) is 61.1 Å². The molecule has 68 heavy (non-hydrogen) atoms. The number of hydrogen-bond donors (Lipinski definition) is 8. The summed E-state index contributed by atoms with van der Waals surface area (Å²) in [6, 6.07) is 10.7. The summed E-state index contributed by atoms with van der Waals surface area (Å²) in [5, 5.41) is 28.2. The number of rotatable bonds is 28. The van der Waals surface area contributed by atoms with Crippen LogP contribution in [0.1, 0.15) is 91.7 Å². The number of esters is 1. The SMILES string of the molecule is CCC(C)[C@H](NC(=O)[C@@H]1CCCN1C[C@H](O)[C@H](Cc1ccccc1)NC(=O)[C@H](CC(N)=O)NC(=O)[C@H](CC(C)C)NC(=O)[C@H](COCc1ccccc1)NC(C)=O)C(=O)N[C@H](C(=O)OC)C(C)C. The lowest BCUT2D eigenvalue weighted by Crippen LogP contribution is -2.60. The molecule has 1 aliphatic heterocycles. The van der Waals surface area contributed by atoms with Gasteiger partial charge in [0.2, 0.25) is 41.4 Å². The van der Waals surface area contributed by atoms with Crippen LogP contribution in [0, 0.1) is 17.8 Å². The first-order chi connectivity index (χ1) is 32.2. The smallest absolute Gasteiger partial charge is 0.328 e. The van der Waals surface area contributed by atoms with E-state index in [0.717, 1.165) is 11.1 Å². The highest BCUT2D eigenvalue weighted by atomic mass is 16.5. The first kappa shape index (κ1) is 56.4. The second-order valence-corrected chi connectivity index (χ2v) is 18.3. The number of methoxy groups -OCH3 is 1. The molecule has 0 aliphatic carbocycles. The summed E-state index contributed by atoms with van der Waals surface area (Å²) in [4.78, 5) is 108. The fourth-order valence-electron chi connectivity index (χ4n) is 7.92. The van der Waals surface area contributed by atoms with Crippen LogP contribution in [-0.4, -0.2) is 133 Å². The summed E-state index contributed by atoms with van der Waals surface area (Å²) in [5.74, 6) is -6.01. The van der Waals surface area contributed by atoms with Crippen LogP contribution in [0.25, 0.3) is 0 Å². The fourth-order valence-corrected chi connectivity index (χ4v) is 7.92. The Kier molecular flexibility index (Phi) is 23.6. The van der Waals surface area contributed by atoms with E-state index in [0.29, 0.717) is 25.8 Å². The number of ether oxygens (including phenoxy) is 2. The maximum absolute atomic E-state index is 14.2. The molecule has 0 spiro atoms. The van der Waals surface area contributed by atoms with Gasteiger partial charge in [0.1, 0.15) is 30.2 Å². The number of hydrogen-bond acceptors (Lipinski definition) is 12. The Morgan fingerprint density at radius 2 is 1.34 bits per heavy atom. The van der Waals surface area contributed by atoms with E-state index in [9.17, 15) is 43.5 Å². The van der Waals surface area contributed by atoms with E-state index in [1.165, 1.54) is 14.0 Å². The van der Waals surface area contributed by atoms with Crippen molar-refractivity contribution >= 4 is 47.3 Å². The molecule has 0 saturated carbocycles. The third kappa shape index (κ3) is 18.6. The summed E-state index contributed by atoms with van der Waals surface area (Å²) in [7, 11) is 1.24. The molecule has 9 atom stereocenters. The lowest BCUT2D eigenvalue weighted by Gasteiger charge is -2.33. The van der Waals surface area contributed by atoms with Crippen molar-refractivity contribution in [2.24, 2.45) is 23.5 Å². The molecule has 0 radical (unpaired) electrons. The number of aliphatic hydroxyl groups excluding tert-OH is 1. The molecule has 0 bridgehead atoms. The maximum Gasteiger partial charge on any atom is 0.328 e. The zero-order chi connectivity index (χ0) is 50.5. The molecule has 1 unspecified atom stereocenters. The van der Waals surface area contributed by atoms with Crippen LogP contribution in [0.2, 0.25) is 0 Å². The number of primary amides is 1. The first-order valence-corrected chi connectivity index (χ1v) is 23.5. The summed E-state index contributed by atoms with van der Waals surface area (Å²) in [6.45, 7) is 12.5. The minimum atomic E-state index is -1.53. The summed E-state index contributed by atoms with van der Waals surface area (Å²) < 4.78 is 10.6. The normalized spacial score (nSPS) is 17.3. The van der Waals surface area contributed by atoms with Crippen molar-refractivity contribution < 1.29 is 52.9 Å². The number of nitrogens with zero attached hydrogens (tertiary/aromatic N) is 1. The van der Waals surface area contributed by atoms with Crippen molar-refractivity contribution in [1.29, 1.82) is 0 Å². The van der Waals surface area contributed by atoms with Crippen LogP contribution in [0.3, 0.4) is 0 Å². The van der Waals surface area contributed by atoms with Crippen LogP contribution in [0.5, 0.6) is 0 Å². The average Bonchev–Trinajstić information content (AvgIpc) is 3.76. The Morgan fingerprint density at radius 1 is 0.750 bits per heavy atom. The van der Waals surface area contributed by atoms with Crippen molar-refractivity contribution in [3.8, 4) is 0 Å². The van der Waals surface area contributed by atoms with Gasteiger partial charge in [-0.15, -0.1) is 0 Å². The molecular weight excluding hydrogens is 877 g/mol. The summed E-state index contributed by atoms with van der Waals surface area (Å²) in [6.07, 6.45) is -0.0991. The Labute approximate surface area is 400 Å². The standard InChI is InChI=1S/C49H74N8O11/c1-9-31(6)43(48(65)55-42(30(4)5)49(66)67-8)56-47(64)39-21-16-22-57(39)26-40(59)35(24-33-17-12-10-13-18-33)52-45(62)37(25-41(50)60)54-44(61)36(23-29(2)3)53-46(63)38(51-32(7)58)28-68-27-34-19-14-11-15-20-34/h10-15,17-20,29-31,35-40,42-43,59H,9,16,21-28H2,1-8H3,(H2,50,60)(H,51,58)(H,52,62)(H,53,63)(H,54,61)(H,55,65)(H,56,64)/t31?,35-,36-,37-,38-,39-,40-,42-,43-/m0/s1. The van der Waals surface area contributed by atoms with Gasteiger partial charge in [0.05, 0.1) is 44.9 Å². The Hall–Kier alpha value is -5.92. The van der Waals surface area contributed by atoms with E-state index in [-0.39, 0.29) is 50.4 Å². The van der Waals surface area contributed by atoms with Crippen molar-refractivity contribution in [1.82, 2.24) is 36.8 Å². The lowest BCUT2D eigenvalue weighted by atomic mass is 9.96. The lowest BCUT2D eigenvalue weighted by molar-refractivity contribution is -0.147. The molecule has 2 aromatic rings. The second kappa shape index (κ2) is 28.4. The predicted molar refractivity (Wildman–Crippen MR) is 254 cm³/mol. The maximum atomic E-state index is 14.2. The topological polar surface area (TPSA) is 277 Å². The number of aliphatic hydroxyl groups is 1. The molecule has 1 aliphatic rings. The molecule has 7 amide bonds. The first-order valence-electron chi connectivity index (χ1n) is 23.5. The van der Waals surface area contributed by atoms with E-state index >= 15 is 0 Å². The Balaban J connectivity index is 1.81. The number of amides is 7. The highest BCUT2D eigenvalue weighted by molar-refractivity contribution is 5.96. The van der Waals surface area contributed by atoms with Gasteiger partial charge >= 0.3 is 5.97 Å². The molecule has 2 aromatic carbocycles. The highest BCUT2D eigenvalue weighted by Crippen LogP contribution is 2.21. The molecule has 0 aromatic heterocycles. The largest absolute Gasteiger partial charge is 0.467 e. The molecule has 19 heteroatoms.